The van der Waals surface area contributed by atoms with E-state index in [1.54, 1.807) is 0 Å². The molecule has 0 saturated carbocycles. The van der Waals surface area contributed by atoms with E-state index in [1.807, 2.05) is 0 Å². The molecule has 1 unspecified atom stereocenters. The number of aliphatic hydroxyl groups excluding tert-OH is 1. The highest BCUT2D eigenvalue weighted by Gasteiger charge is 2.09. The molecule has 0 heterocycles. The molecule has 0 aromatic heterocycles. The van der Waals surface area contributed by atoms with E-state index < -0.39 is 17.7 Å². The summed E-state index contributed by atoms with van der Waals surface area (Å²) in [7, 11) is 0. The SMILES string of the molecule is Cc1cc(C(C)O)cc(F)c1F. The van der Waals surface area contributed by atoms with Gasteiger partial charge in [0.15, 0.2) is 11.6 Å². The van der Waals surface area contributed by atoms with Crippen LogP contribution >= 0.6 is 0 Å². The molecule has 3 heteroatoms. The Morgan fingerprint density at radius 2 is 1.92 bits per heavy atom. The van der Waals surface area contributed by atoms with Gasteiger partial charge in [0.2, 0.25) is 0 Å². The third-order valence-corrected chi connectivity index (χ3v) is 1.71. The van der Waals surface area contributed by atoms with Crippen LogP contribution in [0.25, 0.3) is 0 Å². The van der Waals surface area contributed by atoms with Crippen molar-refractivity contribution in [2.45, 2.75) is 20.0 Å². The highest BCUT2D eigenvalue weighted by Crippen LogP contribution is 2.18. The van der Waals surface area contributed by atoms with Crippen molar-refractivity contribution in [1.29, 1.82) is 0 Å². The van der Waals surface area contributed by atoms with Crippen LogP contribution in [-0.4, -0.2) is 5.11 Å². The maximum Gasteiger partial charge on any atom is 0.161 e. The third-order valence-electron chi connectivity index (χ3n) is 1.71. The van der Waals surface area contributed by atoms with Crippen LogP contribution in [0.3, 0.4) is 0 Å². The van der Waals surface area contributed by atoms with Gasteiger partial charge in [-0.1, -0.05) is 6.07 Å². The molecule has 66 valence electrons. The number of hydrogen-bond acceptors (Lipinski definition) is 1. The van der Waals surface area contributed by atoms with Gasteiger partial charge >= 0.3 is 0 Å². The monoisotopic (exact) mass is 172 g/mol. The molecule has 1 rings (SSSR count). The molecule has 1 aromatic rings. The number of aliphatic hydroxyl groups is 1. The quantitative estimate of drug-likeness (QED) is 0.689. The molecule has 12 heavy (non-hydrogen) atoms. The van der Waals surface area contributed by atoms with Crippen molar-refractivity contribution in [1.82, 2.24) is 0 Å². The topological polar surface area (TPSA) is 20.2 Å². The normalized spacial score (nSPS) is 13.1. The predicted octanol–water partition coefficient (Wildman–Crippen LogP) is 2.33. The molecule has 1 atom stereocenters. The lowest BCUT2D eigenvalue weighted by atomic mass is 10.1. The van der Waals surface area contributed by atoms with Crippen LogP contribution in [0.4, 0.5) is 8.78 Å². The second-order valence-electron chi connectivity index (χ2n) is 2.81. The van der Waals surface area contributed by atoms with E-state index in [1.165, 1.54) is 19.9 Å². The van der Waals surface area contributed by atoms with Gasteiger partial charge in [-0.25, -0.2) is 8.78 Å². The van der Waals surface area contributed by atoms with E-state index in [-0.39, 0.29) is 5.56 Å². The lowest BCUT2D eigenvalue weighted by molar-refractivity contribution is 0.198. The molecule has 0 aliphatic heterocycles. The predicted molar refractivity (Wildman–Crippen MR) is 41.7 cm³/mol. The van der Waals surface area contributed by atoms with Crippen LogP contribution in [0.5, 0.6) is 0 Å². The largest absolute Gasteiger partial charge is 0.389 e. The summed E-state index contributed by atoms with van der Waals surface area (Å²) in [5.41, 5.74) is 0.609. The molecule has 0 saturated heterocycles. The van der Waals surface area contributed by atoms with Crippen molar-refractivity contribution < 1.29 is 13.9 Å². The molecular weight excluding hydrogens is 162 g/mol. The first kappa shape index (κ1) is 9.13. The maximum atomic E-state index is 12.7. The molecule has 1 nitrogen and oxygen atoms in total. The van der Waals surface area contributed by atoms with Crippen molar-refractivity contribution >= 4 is 0 Å². The van der Waals surface area contributed by atoms with Gasteiger partial charge in [0.05, 0.1) is 6.10 Å². The third kappa shape index (κ3) is 1.61. The lowest BCUT2D eigenvalue weighted by Crippen LogP contribution is -1.96. The molecule has 0 aliphatic carbocycles. The summed E-state index contributed by atoms with van der Waals surface area (Å²) in [6.45, 7) is 2.97. The van der Waals surface area contributed by atoms with Gasteiger partial charge in [-0.2, -0.15) is 0 Å². The summed E-state index contributed by atoms with van der Waals surface area (Å²) < 4.78 is 25.4. The van der Waals surface area contributed by atoms with E-state index in [0.717, 1.165) is 6.07 Å². The zero-order chi connectivity index (χ0) is 9.30. The number of halogens is 2. The molecule has 0 fully saturated rings. The number of aryl methyl sites for hydroxylation is 1. The minimum Gasteiger partial charge on any atom is -0.389 e. The fourth-order valence-corrected chi connectivity index (χ4v) is 0.994. The van der Waals surface area contributed by atoms with Crippen molar-refractivity contribution in [2.75, 3.05) is 0 Å². The fraction of sp³-hybridized carbons (Fsp3) is 0.333. The van der Waals surface area contributed by atoms with Crippen LogP contribution in [0, 0.1) is 18.6 Å². The standard InChI is InChI=1S/C9H10F2O/c1-5-3-7(6(2)12)4-8(10)9(5)11/h3-4,6,12H,1-2H3. The van der Waals surface area contributed by atoms with E-state index in [9.17, 15) is 8.78 Å². The number of rotatable bonds is 1. The molecule has 0 amide bonds. The Kier molecular flexibility index (Phi) is 2.43. The molecule has 1 aromatic carbocycles. The minimum atomic E-state index is -0.911. The summed E-state index contributed by atoms with van der Waals surface area (Å²) in [6.07, 6.45) is -0.765. The molecular formula is C9H10F2O. The highest BCUT2D eigenvalue weighted by molar-refractivity contribution is 5.26. The molecule has 0 spiro atoms. The lowest BCUT2D eigenvalue weighted by Gasteiger charge is -2.06. The molecule has 0 radical (unpaired) electrons. The van der Waals surface area contributed by atoms with Crippen LogP contribution < -0.4 is 0 Å². The zero-order valence-corrected chi connectivity index (χ0v) is 6.94. The van der Waals surface area contributed by atoms with Gasteiger partial charge in [0.25, 0.3) is 0 Å². The van der Waals surface area contributed by atoms with Gasteiger partial charge in [-0.3, -0.25) is 0 Å². The average molecular weight is 172 g/mol. The second-order valence-corrected chi connectivity index (χ2v) is 2.81. The van der Waals surface area contributed by atoms with Gasteiger partial charge in [-0.05, 0) is 31.0 Å². The zero-order valence-electron chi connectivity index (χ0n) is 6.94. The molecule has 1 N–H and O–H groups in total. The first-order valence-electron chi connectivity index (χ1n) is 3.66. The van der Waals surface area contributed by atoms with E-state index in [4.69, 9.17) is 5.11 Å². The van der Waals surface area contributed by atoms with Crippen LogP contribution in [0.15, 0.2) is 12.1 Å². The van der Waals surface area contributed by atoms with Gasteiger partial charge < -0.3 is 5.11 Å². The van der Waals surface area contributed by atoms with Gasteiger partial charge in [0, 0.05) is 0 Å². The van der Waals surface area contributed by atoms with E-state index in [0.29, 0.717) is 5.56 Å². The van der Waals surface area contributed by atoms with E-state index in [2.05, 4.69) is 0 Å². The van der Waals surface area contributed by atoms with Crippen molar-refractivity contribution in [3.8, 4) is 0 Å². The summed E-state index contributed by atoms with van der Waals surface area (Å²) in [6, 6.07) is 2.44. The Morgan fingerprint density at radius 3 is 2.33 bits per heavy atom. The van der Waals surface area contributed by atoms with Crippen molar-refractivity contribution in [3.05, 3.63) is 34.9 Å². The Hall–Kier alpha value is -0.960. The second kappa shape index (κ2) is 3.19. The fourth-order valence-electron chi connectivity index (χ4n) is 0.994. The van der Waals surface area contributed by atoms with E-state index >= 15 is 0 Å². The van der Waals surface area contributed by atoms with Crippen molar-refractivity contribution in [3.63, 3.8) is 0 Å². The summed E-state index contributed by atoms with van der Waals surface area (Å²) in [5.74, 6) is -1.76. The Bertz CT molecular complexity index is 272. The minimum absolute atomic E-state index is 0.214. The summed E-state index contributed by atoms with van der Waals surface area (Å²) >= 11 is 0. The Balaban J connectivity index is 3.21. The molecule has 0 bridgehead atoms. The van der Waals surface area contributed by atoms with Crippen LogP contribution in [0.1, 0.15) is 24.2 Å². The summed E-state index contributed by atoms with van der Waals surface area (Å²) in [4.78, 5) is 0. The Labute approximate surface area is 69.7 Å². The van der Waals surface area contributed by atoms with Crippen LogP contribution in [-0.2, 0) is 0 Å². The summed E-state index contributed by atoms with van der Waals surface area (Å²) in [5, 5.41) is 9.07. The van der Waals surface area contributed by atoms with Gasteiger partial charge in [0.1, 0.15) is 0 Å². The molecule has 0 aliphatic rings. The first-order valence-corrected chi connectivity index (χ1v) is 3.66. The van der Waals surface area contributed by atoms with Crippen LogP contribution in [0.2, 0.25) is 0 Å². The smallest absolute Gasteiger partial charge is 0.161 e. The Morgan fingerprint density at radius 1 is 1.33 bits per heavy atom. The van der Waals surface area contributed by atoms with Gasteiger partial charge in [-0.15, -0.1) is 0 Å². The first-order chi connectivity index (χ1) is 5.52. The number of benzene rings is 1. The average Bonchev–Trinajstić information content (AvgIpc) is 1.99. The van der Waals surface area contributed by atoms with Crippen molar-refractivity contribution in [2.24, 2.45) is 0 Å². The maximum absolute atomic E-state index is 12.7. The highest BCUT2D eigenvalue weighted by atomic mass is 19.2. The number of hydrogen-bond donors (Lipinski definition) is 1.